The van der Waals surface area contributed by atoms with Gasteiger partial charge in [0.25, 0.3) is 5.91 Å². The summed E-state index contributed by atoms with van der Waals surface area (Å²) in [6.45, 7) is 14.9. The Morgan fingerprint density at radius 3 is 2.44 bits per heavy atom. The second kappa shape index (κ2) is 23.4. The first-order valence-corrected chi connectivity index (χ1v) is 25.5. The fraction of sp³-hybridized carbons (Fsp3) is 0.474. The average Bonchev–Trinajstić information content (AvgIpc) is 3.68. The quantitative estimate of drug-likeness (QED) is 0.0911. The lowest BCUT2D eigenvalue weighted by molar-refractivity contribution is -0.155. The SMILES string of the molecule is CC[C@@H](CN(C)C(=O)OCc1ccccc1)C(=O)N(C)[C@H](C(=O)N[C@H]1Cc2cc(O)cc(c2)-c2ccc3c(c2)c(c(-c2cccnc2[C@H](C)OC)n3CC)CC(C)(C)COC(=O)[C@@H]2CCCN(N2)C1=O)C(C)C. The molecular weight excluding hydrogens is 927 g/mol. The molecule has 16 nitrogen and oxygen atoms in total. The van der Waals surface area contributed by atoms with Gasteiger partial charge in [0, 0.05) is 75.3 Å². The van der Waals surface area contributed by atoms with Gasteiger partial charge in [-0.15, -0.1) is 0 Å². The van der Waals surface area contributed by atoms with Crippen LogP contribution in [-0.4, -0.2) is 118 Å². The highest BCUT2D eigenvalue weighted by atomic mass is 16.6. The summed E-state index contributed by atoms with van der Waals surface area (Å²) in [4.78, 5) is 78.5. The first-order valence-electron chi connectivity index (χ1n) is 25.5. The van der Waals surface area contributed by atoms with Crippen LogP contribution in [0, 0.1) is 17.3 Å². The molecule has 1 saturated heterocycles. The molecule has 0 aliphatic carbocycles. The highest BCUT2D eigenvalue weighted by molar-refractivity contribution is 5.96. The molecule has 0 spiro atoms. The van der Waals surface area contributed by atoms with E-state index in [0.29, 0.717) is 43.4 Å². The normalized spacial score (nSPS) is 18.3. The largest absolute Gasteiger partial charge is 0.508 e. The van der Waals surface area contributed by atoms with E-state index < -0.39 is 59.3 Å². The van der Waals surface area contributed by atoms with Crippen LogP contribution >= 0.6 is 0 Å². The number of amides is 4. The van der Waals surface area contributed by atoms with Gasteiger partial charge in [-0.25, -0.2) is 10.2 Å². The number of cyclic esters (lactones) is 1. The van der Waals surface area contributed by atoms with Crippen molar-refractivity contribution in [2.24, 2.45) is 17.3 Å². The van der Waals surface area contributed by atoms with Gasteiger partial charge in [-0.2, -0.15) is 0 Å². The third kappa shape index (κ3) is 12.4. The van der Waals surface area contributed by atoms with Gasteiger partial charge in [0.05, 0.1) is 30.0 Å². The standard InChI is InChI=1S/C57H73N7O9/c1-11-39(32-61(8)56(70)72-33-37-18-14-13-15-19-37)53(67)62(9)50(35(3)4)52(66)59-47-28-38-26-41(29-42(65)27-38)40-22-23-48-44(30-40)45(51(63(48)12-2)43-20-16-24-58-49(43)36(5)71-10)31-57(6,7)34-73-55(69)46-21-17-25-64(60-46)54(47)68/h13-16,18-20,22-24,26-27,29-30,35-36,39,46-47,50,60,65H,11-12,17,21,25,28,31-34H2,1-10H3,(H,59,66)/t36-,39-,46-,47-,50-/m0/s1. The molecule has 3 N–H and O–H groups in total. The fourth-order valence-electron chi connectivity index (χ4n) is 10.3. The number of carbonyl (C=O) groups excluding carboxylic acids is 5. The molecule has 7 rings (SSSR count). The Balaban J connectivity index is 1.24. The molecule has 0 unspecified atom stereocenters. The third-order valence-electron chi connectivity index (χ3n) is 14.2. The van der Waals surface area contributed by atoms with E-state index in [4.69, 9.17) is 19.2 Å². The summed E-state index contributed by atoms with van der Waals surface area (Å²) in [6.07, 6.45) is 2.70. The molecule has 73 heavy (non-hydrogen) atoms. The van der Waals surface area contributed by atoms with E-state index in [2.05, 4.69) is 54.3 Å². The van der Waals surface area contributed by atoms with Gasteiger partial charge >= 0.3 is 12.1 Å². The minimum Gasteiger partial charge on any atom is -0.508 e. The molecule has 3 aromatic carbocycles. The molecule has 4 heterocycles. The molecule has 390 valence electrons. The van der Waals surface area contributed by atoms with Crippen molar-refractivity contribution in [1.29, 1.82) is 0 Å². The number of ether oxygens (including phenoxy) is 3. The van der Waals surface area contributed by atoms with Crippen molar-refractivity contribution in [3.05, 3.63) is 107 Å². The lowest BCUT2D eigenvalue weighted by Crippen LogP contribution is -2.62. The van der Waals surface area contributed by atoms with E-state index in [1.54, 1.807) is 39.5 Å². The van der Waals surface area contributed by atoms with Gasteiger partial charge in [0.2, 0.25) is 11.8 Å². The van der Waals surface area contributed by atoms with Gasteiger partial charge in [-0.05, 0) is 110 Å². The number of benzene rings is 3. The van der Waals surface area contributed by atoms with E-state index in [0.717, 1.165) is 44.5 Å². The third-order valence-corrected chi connectivity index (χ3v) is 14.2. The predicted molar refractivity (Wildman–Crippen MR) is 280 cm³/mol. The summed E-state index contributed by atoms with van der Waals surface area (Å²) in [5, 5.41) is 16.8. The molecule has 1 fully saturated rings. The van der Waals surface area contributed by atoms with Gasteiger partial charge in [-0.1, -0.05) is 77.1 Å². The fourth-order valence-corrected chi connectivity index (χ4v) is 10.3. The van der Waals surface area contributed by atoms with Crippen LogP contribution in [0.4, 0.5) is 4.79 Å². The van der Waals surface area contributed by atoms with E-state index in [9.17, 15) is 29.1 Å². The Kier molecular flexibility index (Phi) is 17.3. The summed E-state index contributed by atoms with van der Waals surface area (Å²) in [6, 6.07) is 21.7. The molecule has 4 amide bonds. The summed E-state index contributed by atoms with van der Waals surface area (Å²) in [5.41, 5.74) is 10.3. The van der Waals surface area contributed by atoms with Crippen LogP contribution in [0.1, 0.15) is 96.2 Å². The lowest BCUT2D eigenvalue weighted by Gasteiger charge is -2.37. The molecule has 6 bridgehead atoms. The van der Waals surface area contributed by atoms with Crippen LogP contribution < -0.4 is 10.7 Å². The number of hydrazine groups is 1. The molecule has 5 atom stereocenters. The zero-order valence-electron chi connectivity index (χ0n) is 44.1. The number of carbonyl (C=O) groups is 5. The van der Waals surface area contributed by atoms with Crippen molar-refractivity contribution in [1.82, 2.24) is 35.1 Å². The predicted octanol–water partition coefficient (Wildman–Crippen LogP) is 8.23. The summed E-state index contributed by atoms with van der Waals surface area (Å²) >= 11 is 0. The van der Waals surface area contributed by atoms with Crippen molar-refractivity contribution >= 4 is 40.7 Å². The number of aromatic hydroxyl groups is 1. The van der Waals surface area contributed by atoms with Gasteiger partial charge in [-0.3, -0.25) is 29.2 Å². The maximum Gasteiger partial charge on any atom is 0.409 e. The second-order valence-corrected chi connectivity index (χ2v) is 20.7. The number of phenolic OH excluding ortho intramolecular Hbond substituents is 1. The van der Waals surface area contributed by atoms with Crippen LogP contribution in [0.3, 0.4) is 0 Å². The van der Waals surface area contributed by atoms with Gasteiger partial charge < -0.3 is 39.0 Å². The zero-order valence-corrected chi connectivity index (χ0v) is 44.1. The Labute approximate surface area is 429 Å². The number of methoxy groups -OCH3 is 1. The van der Waals surface area contributed by atoms with Crippen molar-refractivity contribution in [3.8, 4) is 28.1 Å². The molecule has 0 radical (unpaired) electrons. The average molecular weight is 1000 g/mol. The minimum absolute atomic E-state index is 0.0231. The van der Waals surface area contributed by atoms with Crippen molar-refractivity contribution in [3.63, 3.8) is 0 Å². The minimum atomic E-state index is -1.20. The summed E-state index contributed by atoms with van der Waals surface area (Å²) in [5.74, 6) is -2.97. The number of aryl methyl sites for hydroxylation is 1. The monoisotopic (exact) mass is 1000 g/mol. The highest BCUT2D eigenvalue weighted by Crippen LogP contribution is 2.42. The lowest BCUT2D eigenvalue weighted by atomic mass is 9.84. The zero-order chi connectivity index (χ0) is 52.7. The number of hydrogen-bond donors (Lipinski definition) is 3. The van der Waals surface area contributed by atoms with E-state index in [1.165, 1.54) is 14.8 Å². The molecule has 2 aliphatic rings. The molecule has 2 aliphatic heterocycles. The topological polar surface area (TPSA) is 185 Å². The van der Waals surface area contributed by atoms with Crippen LogP contribution in [0.5, 0.6) is 5.75 Å². The molecule has 5 aromatic rings. The van der Waals surface area contributed by atoms with Gasteiger partial charge in [0.1, 0.15) is 30.5 Å². The van der Waals surface area contributed by atoms with Crippen molar-refractivity contribution in [2.75, 3.05) is 40.9 Å². The number of fused-ring (bicyclic) bond motifs is 6. The van der Waals surface area contributed by atoms with Crippen molar-refractivity contribution < 1.29 is 43.3 Å². The Hall–Kier alpha value is -6.78. The number of nitrogens with zero attached hydrogens (tertiary/aromatic N) is 5. The Morgan fingerprint density at radius 2 is 1.74 bits per heavy atom. The maximum absolute atomic E-state index is 14.9. The molecule has 16 heteroatoms. The van der Waals surface area contributed by atoms with Crippen LogP contribution in [0.2, 0.25) is 0 Å². The molecule has 2 aromatic heterocycles. The number of esters is 1. The number of pyridine rings is 1. The van der Waals surface area contributed by atoms with Crippen LogP contribution in [0.25, 0.3) is 33.3 Å². The molecular formula is C57H73N7O9. The van der Waals surface area contributed by atoms with E-state index >= 15 is 0 Å². The van der Waals surface area contributed by atoms with Crippen LogP contribution in [-0.2, 0) is 59.4 Å². The number of rotatable bonds is 14. The maximum atomic E-state index is 14.9. The Bertz CT molecular complexity index is 2790. The molecule has 0 saturated carbocycles. The van der Waals surface area contributed by atoms with E-state index in [-0.39, 0.29) is 50.5 Å². The number of phenols is 1. The summed E-state index contributed by atoms with van der Waals surface area (Å²) < 4.78 is 19.8. The highest BCUT2D eigenvalue weighted by Gasteiger charge is 2.39. The van der Waals surface area contributed by atoms with Crippen LogP contribution in [0.15, 0.2) is 85.1 Å². The summed E-state index contributed by atoms with van der Waals surface area (Å²) in [7, 11) is 4.81. The first kappa shape index (κ1) is 54.0. The first-order chi connectivity index (χ1) is 34.8. The van der Waals surface area contributed by atoms with Crippen molar-refractivity contribution in [2.45, 2.75) is 118 Å². The van der Waals surface area contributed by atoms with E-state index in [1.807, 2.05) is 76.2 Å². The van der Waals surface area contributed by atoms with Gasteiger partial charge in [0.15, 0.2) is 0 Å². The Morgan fingerprint density at radius 1 is 0.986 bits per heavy atom. The smallest absolute Gasteiger partial charge is 0.409 e. The number of nitrogens with one attached hydrogen (secondary N) is 2. The number of aromatic nitrogens is 2. The second-order valence-electron chi connectivity index (χ2n) is 20.7. The number of hydrogen-bond acceptors (Lipinski definition) is 11. The number of likely N-dealkylation sites (N-methyl/N-ethyl adjacent to an activating group) is 1.